The molecule has 0 saturated carbocycles. The summed E-state index contributed by atoms with van der Waals surface area (Å²) in [7, 11) is 0. The van der Waals surface area contributed by atoms with Crippen LogP contribution >= 0.6 is 0 Å². The monoisotopic (exact) mass is 268 g/mol. The minimum atomic E-state index is -0.0829. The Hall–Kier alpha value is -2.19. The average Bonchev–Trinajstić information content (AvgIpc) is 3.06. The van der Waals surface area contributed by atoms with Crippen LogP contribution < -0.4 is 0 Å². The number of ether oxygens (including phenoxy) is 1. The van der Waals surface area contributed by atoms with Gasteiger partial charge in [0.05, 0.1) is 5.69 Å². The third kappa shape index (κ3) is 2.19. The van der Waals surface area contributed by atoms with Crippen LogP contribution in [0.4, 0.5) is 0 Å². The topological polar surface area (TPSA) is 63.7 Å². The van der Waals surface area contributed by atoms with Crippen molar-refractivity contribution >= 4 is 0 Å². The highest BCUT2D eigenvalue weighted by Crippen LogP contribution is 2.31. The van der Waals surface area contributed by atoms with E-state index < -0.39 is 0 Å². The van der Waals surface area contributed by atoms with Crippen LogP contribution in [0.1, 0.15) is 41.5 Å². The second kappa shape index (κ2) is 5.06. The molecule has 5 nitrogen and oxygen atoms in total. The van der Waals surface area contributed by atoms with Gasteiger partial charge in [0.25, 0.3) is 0 Å². The van der Waals surface area contributed by atoms with E-state index in [0.29, 0.717) is 5.69 Å². The number of aryl methyl sites for hydroxylation is 2. The lowest BCUT2D eigenvalue weighted by Gasteiger charge is -2.13. The molecule has 1 aromatic heterocycles. The molecule has 1 fully saturated rings. The maximum Gasteiger partial charge on any atom is 0.189 e. The first-order valence-electron chi connectivity index (χ1n) is 6.75. The Kier molecular flexibility index (Phi) is 3.25. The van der Waals surface area contributed by atoms with Crippen molar-refractivity contribution in [2.75, 3.05) is 6.61 Å². The van der Waals surface area contributed by atoms with Crippen molar-refractivity contribution in [3.8, 4) is 11.8 Å². The van der Waals surface area contributed by atoms with Crippen molar-refractivity contribution in [2.45, 2.75) is 32.8 Å². The molecule has 1 unspecified atom stereocenters. The van der Waals surface area contributed by atoms with Gasteiger partial charge in [-0.3, -0.25) is 0 Å². The molecule has 0 radical (unpaired) electrons. The number of rotatable bonds is 2. The lowest BCUT2D eigenvalue weighted by molar-refractivity contribution is 0.106. The molecule has 1 aromatic carbocycles. The highest BCUT2D eigenvalue weighted by Gasteiger charge is 2.27. The maximum atomic E-state index is 9.23. The highest BCUT2D eigenvalue weighted by atomic mass is 16.5. The molecule has 0 N–H and O–H groups in total. The van der Waals surface area contributed by atoms with E-state index in [9.17, 15) is 5.26 Å². The van der Waals surface area contributed by atoms with E-state index in [4.69, 9.17) is 4.74 Å². The number of nitrogens with zero attached hydrogens (tertiary/aromatic N) is 4. The average molecular weight is 268 g/mol. The van der Waals surface area contributed by atoms with Crippen molar-refractivity contribution in [3.05, 3.63) is 40.7 Å². The third-order valence-corrected chi connectivity index (χ3v) is 3.50. The summed E-state index contributed by atoms with van der Waals surface area (Å²) >= 11 is 0. The summed E-state index contributed by atoms with van der Waals surface area (Å²) in [5.74, 6) is 0. The maximum absolute atomic E-state index is 9.23. The number of hydrogen-bond acceptors (Lipinski definition) is 4. The Morgan fingerprint density at radius 2 is 2.05 bits per heavy atom. The fourth-order valence-electron chi connectivity index (χ4n) is 2.71. The van der Waals surface area contributed by atoms with Gasteiger partial charge in [-0.25, -0.2) is 4.68 Å². The van der Waals surface area contributed by atoms with E-state index in [1.54, 1.807) is 4.68 Å². The zero-order valence-corrected chi connectivity index (χ0v) is 11.6. The summed E-state index contributed by atoms with van der Waals surface area (Å²) in [6, 6.07) is 8.31. The van der Waals surface area contributed by atoms with Crippen molar-refractivity contribution in [1.29, 1.82) is 5.26 Å². The van der Waals surface area contributed by atoms with Gasteiger partial charge in [-0.1, -0.05) is 11.3 Å². The number of hydrogen-bond donors (Lipinski definition) is 0. The van der Waals surface area contributed by atoms with Crippen LogP contribution in [0.15, 0.2) is 18.2 Å². The molecular formula is C15H16N4O. The van der Waals surface area contributed by atoms with E-state index in [-0.39, 0.29) is 6.10 Å². The van der Waals surface area contributed by atoms with Gasteiger partial charge in [-0.05, 0) is 49.9 Å². The highest BCUT2D eigenvalue weighted by molar-refractivity contribution is 5.42. The predicted molar refractivity (Wildman–Crippen MR) is 73.5 cm³/mol. The summed E-state index contributed by atoms with van der Waals surface area (Å²) in [5.41, 5.74) is 4.38. The van der Waals surface area contributed by atoms with E-state index in [1.165, 1.54) is 0 Å². The van der Waals surface area contributed by atoms with Crippen molar-refractivity contribution in [3.63, 3.8) is 0 Å². The van der Waals surface area contributed by atoms with Gasteiger partial charge >= 0.3 is 0 Å². The molecule has 0 aliphatic carbocycles. The molecule has 3 rings (SSSR count). The van der Waals surface area contributed by atoms with Gasteiger partial charge in [0.2, 0.25) is 0 Å². The molecule has 1 aliphatic rings. The van der Waals surface area contributed by atoms with E-state index in [0.717, 1.165) is 42.0 Å². The van der Waals surface area contributed by atoms with Gasteiger partial charge < -0.3 is 4.74 Å². The van der Waals surface area contributed by atoms with E-state index in [1.807, 2.05) is 26.0 Å². The normalized spacial score (nSPS) is 18.1. The van der Waals surface area contributed by atoms with Crippen LogP contribution in [0.25, 0.3) is 5.69 Å². The van der Waals surface area contributed by atoms with Gasteiger partial charge in [0, 0.05) is 6.61 Å². The lowest BCUT2D eigenvalue weighted by Crippen LogP contribution is -2.08. The van der Waals surface area contributed by atoms with Gasteiger partial charge in [-0.15, -0.1) is 5.10 Å². The molecule has 20 heavy (non-hydrogen) atoms. The molecule has 1 atom stereocenters. The van der Waals surface area contributed by atoms with Gasteiger partial charge in [0.1, 0.15) is 17.9 Å². The number of aromatic nitrogens is 3. The molecule has 102 valence electrons. The van der Waals surface area contributed by atoms with Crippen molar-refractivity contribution in [2.24, 2.45) is 0 Å². The largest absolute Gasteiger partial charge is 0.372 e. The SMILES string of the molecule is Cc1cc(C)cc(-n2nnc(C#N)c2C2CCCO2)c1. The summed E-state index contributed by atoms with van der Waals surface area (Å²) in [6.07, 6.45) is 1.83. The fourth-order valence-corrected chi connectivity index (χ4v) is 2.71. The summed E-state index contributed by atoms with van der Waals surface area (Å²) < 4.78 is 7.46. The Morgan fingerprint density at radius 1 is 1.30 bits per heavy atom. The molecule has 1 saturated heterocycles. The molecule has 5 heteroatoms. The van der Waals surface area contributed by atoms with Crippen molar-refractivity contribution in [1.82, 2.24) is 15.0 Å². The molecule has 0 spiro atoms. The molecule has 2 heterocycles. The molecule has 0 amide bonds. The van der Waals surface area contributed by atoms with Crippen LogP contribution in [0.3, 0.4) is 0 Å². The molecule has 1 aliphatic heterocycles. The minimum absolute atomic E-state index is 0.0829. The minimum Gasteiger partial charge on any atom is -0.372 e. The first-order valence-corrected chi connectivity index (χ1v) is 6.75. The first kappa shape index (κ1) is 12.8. The van der Waals surface area contributed by atoms with Crippen LogP contribution in [0.5, 0.6) is 0 Å². The molecule has 2 aromatic rings. The summed E-state index contributed by atoms with van der Waals surface area (Å²) in [5, 5.41) is 17.4. The predicted octanol–water partition coefficient (Wildman–Crippen LogP) is 2.61. The second-order valence-electron chi connectivity index (χ2n) is 5.19. The Balaban J connectivity index is 2.14. The number of nitriles is 1. The van der Waals surface area contributed by atoms with E-state index >= 15 is 0 Å². The van der Waals surface area contributed by atoms with Crippen LogP contribution in [-0.4, -0.2) is 21.6 Å². The van der Waals surface area contributed by atoms with E-state index in [2.05, 4.69) is 22.4 Å². The smallest absolute Gasteiger partial charge is 0.189 e. The number of benzene rings is 1. The Morgan fingerprint density at radius 3 is 2.65 bits per heavy atom. The first-order chi connectivity index (χ1) is 9.69. The fraction of sp³-hybridized carbons (Fsp3) is 0.400. The summed E-state index contributed by atoms with van der Waals surface area (Å²) in [6.45, 7) is 4.82. The summed E-state index contributed by atoms with van der Waals surface area (Å²) in [4.78, 5) is 0. The lowest BCUT2D eigenvalue weighted by atomic mass is 10.1. The molecular weight excluding hydrogens is 252 g/mol. The zero-order valence-electron chi connectivity index (χ0n) is 11.6. The zero-order chi connectivity index (χ0) is 14.1. The van der Waals surface area contributed by atoms with Crippen LogP contribution in [0.2, 0.25) is 0 Å². The molecule has 0 bridgehead atoms. The Bertz CT molecular complexity index is 657. The second-order valence-corrected chi connectivity index (χ2v) is 5.19. The Labute approximate surface area is 117 Å². The van der Waals surface area contributed by atoms with Crippen LogP contribution in [-0.2, 0) is 4.74 Å². The van der Waals surface area contributed by atoms with Crippen LogP contribution in [0, 0.1) is 25.2 Å². The standard InChI is InChI=1S/C15H16N4O/c1-10-6-11(2)8-12(7-10)19-15(13(9-16)17-18-19)14-4-3-5-20-14/h6-8,14H,3-5H2,1-2H3. The van der Waals surface area contributed by atoms with Gasteiger partial charge in [0.15, 0.2) is 5.69 Å². The van der Waals surface area contributed by atoms with Gasteiger partial charge in [-0.2, -0.15) is 5.26 Å². The quantitative estimate of drug-likeness (QED) is 0.839. The van der Waals surface area contributed by atoms with Crippen molar-refractivity contribution < 1.29 is 4.74 Å². The third-order valence-electron chi connectivity index (χ3n) is 3.50.